The van der Waals surface area contributed by atoms with Crippen molar-refractivity contribution in [3.05, 3.63) is 34.3 Å². The first-order valence-electron chi connectivity index (χ1n) is 5.76. The maximum absolute atomic E-state index is 11.8. The molecule has 0 radical (unpaired) electrons. The lowest BCUT2D eigenvalue weighted by Crippen LogP contribution is -2.30. The Hall–Kier alpha value is -2.04. The average Bonchev–Trinajstić information content (AvgIpc) is 2.55. The van der Waals surface area contributed by atoms with Gasteiger partial charge in [-0.2, -0.15) is 0 Å². The van der Waals surface area contributed by atoms with Gasteiger partial charge < -0.3 is 9.52 Å². The van der Waals surface area contributed by atoms with Crippen LogP contribution >= 0.6 is 0 Å². The van der Waals surface area contributed by atoms with Gasteiger partial charge in [0, 0.05) is 0 Å². The van der Waals surface area contributed by atoms with E-state index in [-0.39, 0.29) is 5.92 Å². The van der Waals surface area contributed by atoms with Gasteiger partial charge in [-0.15, -0.1) is 0 Å². The fourth-order valence-electron chi connectivity index (χ4n) is 2.10. The zero-order valence-electron chi connectivity index (χ0n) is 10.5. The molecule has 5 heteroatoms. The summed E-state index contributed by atoms with van der Waals surface area (Å²) >= 11 is 0. The third-order valence-electron chi connectivity index (χ3n) is 2.93. The van der Waals surface area contributed by atoms with Crippen LogP contribution in [0.3, 0.4) is 0 Å². The van der Waals surface area contributed by atoms with E-state index in [9.17, 15) is 14.7 Å². The smallest absolute Gasteiger partial charge is 0.420 e. The summed E-state index contributed by atoms with van der Waals surface area (Å²) in [6.45, 7) is 5.41. The van der Waals surface area contributed by atoms with Gasteiger partial charge in [-0.1, -0.05) is 19.9 Å². The van der Waals surface area contributed by atoms with Crippen LogP contribution in [0.1, 0.15) is 25.5 Å². The van der Waals surface area contributed by atoms with E-state index in [1.54, 1.807) is 26.0 Å². The highest BCUT2D eigenvalue weighted by molar-refractivity contribution is 5.79. The van der Waals surface area contributed by atoms with Crippen LogP contribution in [0.15, 0.2) is 27.4 Å². The molecule has 5 nitrogen and oxygen atoms in total. The summed E-state index contributed by atoms with van der Waals surface area (Å²) in [6.07, 6.45) is 0. The van der Waals surface area contributed by atoms with Gasteiger partial charge in [-0.3, -0.25) is 4.57 Å². The first-order chi connectivity index (χ1) is 8.41. The molecule has 0 aliphatic carbocycles. The molecule has 0 fully saturated rings. The van der Waals surface area contributed by atoms with Crippen LogP contribution in [0.5, 0.6) is 0 Å². The first-order valence-corrected chi connectivity index (χ1v) is 5.76. The van der Waals surface area contributed by atoms with Gasteiger partial charge in [0.15, 0.2) is 5.58 Å². The number of benzene rings is 1. The lowest BCUT2D eigenvalue weighted by molar-refractivity contribution is -0.142. The zero-order chi connectivity index (χ0) is 13.4. The van der Waals surface area contributed by atoms with Crippen LogP contribution in [0.4, 0.5) is 0 Å². The van der Waals surface area contributed by atoms with E-state index in [1.165, 1.54) is 4.57 Å². The minimum Gasteiger partial charge on any atom is -0.480 e. The highest BCUT2D eigenvalue weighted by Crippen LogP contribution is 2.23. The van der Waals surface area contributed by atoms with Crippen LogP contribution in [0.2, 0.25) is 0 Å². The third-order valence-corrected chi connectivity index (χ3v) is 2.93. The fraction of sp³-hybridized carbons (Fsp3) is 0.385. The summed E-state index contributed by atoms with van der Waals surface area (Å²) in [6, 6.07) is 4.35. The molecule has 0 spiro atoms. The fourth-order valence-corrected chi connectivity index (χ4v) is 2.10. The quantitative estimate of drug-likeness (QED) is 0.904. The number of aromatic nitrogens is 1. The molecule has 0 amide bonds. The maximum atomic E-state index is 11.8. The number of rotatable bonds is 3. The van der Waals surface area contributed by atoms with Gasteiger partial charge in [0.05, 0.1) is 5.52 Å². The van der Waals surface area contributed by atoms with Crippen molar-refractivity contribution >= 4 is 17.1 Å². The van der Waals surface area contributed by atoms with E-state index in [0.29, 0.717) is 11.1 Å². The number of aliphatic carboxylic acids is 1. The molecule has 2 aromatic rings. The summed E-state index contributed by atoms with van der Waals surface area (Å²) in [5.74, 6) is -1.87. The predicted molar refractivity (Wildman–Crippen MR) is 66.7 cm³/mol. The first kappa shape index (κ1) is 12.4. The SMILES string of the molecule is Cc1ccc2oc(=O)n(C(C(=O)O)C(C)C)c2c1. The summed E-state index contributed by atoms with van der Waals surface area (Å²) < 4.78 is 6.30. The van der Waals surface area contributed by atoms with E-state index in [1.807, 2.05) is 13.0 Å². The molecule has 18 heavy (non-hydrogen) atoms. The Bertz CT molecular complexity index is 651. The molecule has 1 atom stereocenters. The Kier molecular flexibility index (Phi) is 2.98. The standard InChI is InChI=1S/C13H15NO4/c1-7(2)11(12(15)16)14-9-6-8(3)4-5-10(9)18-13(14)17/h4-7,11H,1-3H3,(H,15,16). The number of hydrogen-bond acceptors (Lipinski definition) is 3. The summed E-state index contributed by atoms with van der Waals surface area (Å²) in [5.41, 5.74) is 1.89. The van der Waals surface area contributed by atoms with Gasteiger partial charge in [0.2, 0.25) is 0 Å². The molecule has 1 aromatic heterocycles. The number of oxazole rings is 1. The highest BCUT2D eigenvalue weighted by Gasteiger charge is 2.28. The minimum absolute atomic E-state index is 0.207. The summed E-state index contributed by atoms with van der Waals surface area (Å²) in [7, 11) is 0. The van der Waals surface area contributed by atoms with Crippen molar-refractivity contribution in [2.45, 2.75) is 26.8 Å². The van der Waals surface area contributed by atoms with Gasteiger partial charge in [0.1, 0.15) is 6.04 Å². The van der Waals surface area contributed by atoms with Crippen molar-refractivity contribution in [3.63, 3.8) is 0 Å². The normalized spacial score (nSPS) is 13.1. The Balaban J connectivity index is 2.76. The monoisotopic (exact) mass is 249 g/mol. The molecule has 1 unspecified atom stereocenters. The number of fused-ring (bicyclic) bond motifs is 1. The molecule has 1 aromatic carbocycles. The topological polar surface area (TPSA) is 72.4 Å². The Morgan fingerprint density at radius 2 is 2.06 bits per heavy atom. The molecular formula is C13H15NO4. The number of aryl methyl sites for hydroxylation is 1. The van der Waals surface area contributed by atoms with Crippen LogP contribution in [0, 0.1) is 12.8 Å². The lowest BCUT2D eigenvalue weighted by Gasteiger charge is -2.16. The van der Waals surface area contributed by atoms with E-state index in [0.717, 1.165) is 5.56 Å². The van der Waals surface area contributed by atoms with E-state index in [2.05, 4.69) is 0 Å². The van der Waals surface area contributed by atoms with Crippen molar-refractivity contribution in [3.8, 4) is 0 Å². The molecule has 96 valence electrons. The second-order valence-corrected chi connectivity index (χ2v) is 4.74. The van der Waals surface area contributed by atoms with Crippen LogP contribution < -0.4 is 5.76 Å². The average molecular weight is 249 g/mol. The zero-order valence-corrected chi connectivity index (χ0v) is 10.5. The minimum atomic E-state index is -1.03. The molecule has 2 rings (SSSR count). The lowest BCUT2D eigenvalue weighted by atomic mass is 10.0. The van der Waals surface area contributed by atoms with E-state index in [4.69, 9.17) is 4.42 Å². The molecule has 0 bridgehead atoms. The van der Waals surface area contributed by atoms with E-state index >= 15 is 0 Å². The van der Waals surface area contributed by atoms with Gasteiger partial charge in [-0.25, -0.2) is 9.59 Å². The molecule has 0 saturated carbocycles. The van der Waals surface area contributed by atoms with Crippen molar-refractivity contribution in [1.29, 1.82) is 0 Å². The number of nitrogens with zero attached hydrogens (tertiary/aromatic N) is 1. The Morgan fingerprint density at radius 1 is 1.39 bits per heavy atom. The van der Waals surface area contributed by atoms with Crippen molar-refractivity contribution in [2.24, 2.45) is 5.92 Å². The molecular weight excluding hydrogens is 234 g/mol. The van der Waals surface area contributed by atoms with Crippen LogP contribution in [-0.4, -0.2) is 15.6 Å². The van der Waals surface area contributed by atoms with Crippen LogP contribution in [0.25, 0.3) is 11.1 Å². The number of carboxylic acid groups (broad SMARTS) is 1. The number of carboxylic acids is 1. The predicted octanol–water partition coefficient (Wildman–Crippen LogP) is 2.18. The highest BCUT2D eigenvalue weighted by atomic mass is 16.4. The van der Waals surface area contributed by atoms with Gasteiger partial charge in [-0.05, 0) is 30.5 Å². The summed E-state index contributed by atoms with van der Waals surface area (Å²) in [4.78, 5) is 23.2. The van der Waals surface area contributed by atoms with E-state index < -0.39 is 17.8 Å². The van der Waals surface area contributed by atoms with Crippen molar-refractivity contribution in [1.82, 2.24) is 4.57 Å². The number of hydrogen-bond donors (Lipinski definition) is 1. The maximum Gasteiger partial charge on any atom is 0.420 e. The molecule has 0 saturated heterocycles. The molecule has 0 aliphatic heterocycles. The second kappa shape index (κ2) is 4.33. The van der Waals surface area contributed by atoms with Crippen LogP contribution in [-0.2, 0) is 4.79 Å². The Labute approximate surface area is 104 Å². The Morgan fingerprint density at radius 3 is 2.61 bits per heavy atom. The van der Waals surface area contributed by atoms with Crippen molar-refractivity contribution in [2.75, 3.05) is 0 Å². The molecule has 1 N–H and O–H groups in total. The second-order valence-electron chi connectivity index (χ2n) is 4.74. The molecule has 0 aliphatic rings. The van der Waals surface area contributed by atoms with Gasteiger partial charge in [0.25, 0.3) is 0 Å². The largest absolute Gasteiger partial charge is 0.480 e. The van der Waals surface area contributed by atoms with Crippen molar-refractivity contribution < 1.29 is 14.3 Å². The molecule has 1 heterocycles. The van der Waals surface area contributed by atoms with Gasteiger partial charge >= 0.3 is 11.7 Å². The third kappa shape index (κ3) is 1.92. The number of carbonyl (C=O) groups is 1. The summed E-state index contributed by atoms with van der Waals surface area (Å²) in [5, 5.41) is 9.27.